The molecule has 0 aromatic heterocycles. The first kappa shape index (κ1) is 20.1. The monoisotopic (exact) mass is 394 g/mol. The van der Waals surface area contributed by atoms with Gasteiger partial charge in [-0.25, -0.2) is 8.42 Å². The highest BCUT2D eigenvalue weighted by Gasteiger charge is 2.42. The van der Waals surface area contributed by atoms with Crippen LogP contribution < -0.4 is 14.8 Å². The summed E-state index contributed by atoms with van der Waals surface area (Å²) in [7, 11) is -2.23. The first-order valence-electron chi connectivity index (χ1n) is 9.85. The summed E-state index contributed by atoms with van der Waals surface area (Å²) in [4.78, 5) is 12.4. The van der Waals surface area contributed by atoms with Crippen molar-refractivity contribution in [3.05, 3.63) is 24.3 Å². The Morgan fingerprint density at radius 2 is 1.85 bits per heavy atom. The molecule has 3 atom stereocenters. The van der Waals surface area contributed by atoms with Crippen LogP contribution in [0.25, 0.3) is 0 Å². The molecule has 7 heteroatoms. The number of amides is 1. The van der Waals surface area contributed by atoms with Crippen LogP contribution in [0, 0.1) is 17.8 Å². The Bertz CT molecular complexity index is 742. The van der Waals surface area contributed by atoms with Crippen molar-refractivity contribution in [3.8, 4) is 5.75 Å². The molecule has 0 bridgehead atoms. The van der Waals surface area contributed by atoms with E-state index in [-0.39, 0.29) is 10.8 Å². The molecule has 1 aromatic rings. The predicted molar refractivity (Wildman–Crippen MR) is 104 cm³/mol. The first-order chi connectivity index (χ1) is 12.9. The number of nitrogens with one attached hydrogen (secondary N) is 2. The molecule has 0 unspecified atom stereocenters. The van der Waals surface area contributed by atoms with Crippen LogP contribution >= 0.6 is 0 Å². The lowest BCUT2D eigenvalue weighted by Crippen LogP contribution is -2.45. The maximum atomic E-state index is 12.4. The van der Waals surface area contributed by atoms with Gasteiger partial charge in [0.1, 0.15) is 5.75 Å². The van der Waals surface area contributed by atoms with Gasteiger partial charge < -0.3 is 10.1 Å². The number of methoxy groups -OCH3 is 1. The van der Waals surface area contributed by atoms with E-state index in [1.807, 2.05) is 0 Å². The maximum absolute atomic E-state index is 12.4. The summed E-state index contributed by atoms with van der Waals surface area (Å²) in [5, 5.41) is 2.92. The summed E-state index contributed by atoms with van der Waals surface area (Å²) in [5.74, 6) is 2.43. The molecule has 3 rings (SSSR count). The number of hydrogen-bond donors (Lipinski definition) is 2. The van der Waals surface area contributed by atoms with E-state index in [0.29, 0.717) is 18.2 Å². The van der Waals surface area contributed by atoms with Crippen LogP contribution in [0.5, 0.6) is 5.75 Å². The van der Waals surface area contributed by atoms with Crippen molar-refractivity contribution in [1.29, 1.82) is 0 Å². The second-order valence-electron chi connectivity index (χ2n) is 7.82. The van der Waals surface area contributed by atoms with E-state index in [1.54, 1.807) is 19.1 Å². The van der Waals surface area contributed by atoms with Gasteiger partial charge >= 0.3 is 0 Å². The number of hydrogen-bond acceptors (Lipinski definition) is 4. The Hall–Kier alpha value is -1.60. The summed E-state index contributed by atoms with van der Waals surface area (Å²) in [6.45, 7) is 2.22. The van der Waals surface area contributed by atoms with Crippen LogP contribution in [0.15, 0.2) is 29.2 Å². The molecule has 27 heavy (non-hydrogen) atoms. The minimum atomic E-state index is -3.75. The van der Waals surface area contributed by atoms with Gasteiger partial charge in [0.05, 0.1) is 18.0 Å². The van der Waals surface area contributed by atoms with Crippen LogP contribution in [0.2, 0.25) is 0 Å². The summed E-state index contributed by atoms with van der Waals surface area (Å²) >= 11 is 0. The molecule has 6 nitrogen and oxygen atoms in total. The second kappa shape index (κ2) is 8.61. The quantitative estimate of drug-likeness (QED) is 0.710. The standard InChI is InChI=1S/C20H30N2O4S/c1-14(22-27(24,25)18-10-8-17(26-2)9-11-18)20(23)21-13-16-12-19(16)15-6-4-3-5-7-15/h8-11,14-16,19,22H,3-7,12-13H2,1-2H3,(H,21,23)/t14-,16+,19-/m0/s1. The minimum absolute atomic E-state index is 0.113. The smallest absolute Gasteiger partial charge is 0.241 e. The Kier molecular flexibility index (Phi) is 6.42. The van der Waals surface area contributed by atoms with Crippen molar-refractivity contribution >= 4 is 15.9 Å². The molecule has 0 saturated heterocycles. The third-order valence-electron chi connectivity index (χ3n) is 5.87. The highest BCUT2D eigenvalue weighted by Crippen LogP contribution is 2.48. The van der Waals surface area contributed by atoms with Crippen molar-refractivity contribution in [2.45, 2.75) is 56.4 Å². The molecule has 0 aliphatic heterocycles. The third-order valence-corrected chi connectivity index (χ3v) is 7.42. The molecule has 150 valence electrons. The molecule has 0 radical (unpaired) electrons. The van der Waals surface area contributed by atoms with Gasteiger partial charge in [-0.15, -0.1) is 0 Å². The molecular weight excluding hydrogens is 364 g/mol. The number of benzene rings is 1. The summed E-state index contributed by atoms with van der Waals surface area (Å²) in [6, 6.07) is 5.27. The number of rotatable bonds is 8. The lowest BCUT2D eigenvalue weighted by Gasteiger charge is -2.21. The first-order valence-corrected chi connectivity index (χ1v) is 11.3. The summed E-state index contributed by atoms with van der Waals surface area (Å²) < 4.78 is 32.3. The Morgan fingerprint density at radius 3 is 2.48 bits per heavy atom. The second-order valence-corrected chi connectivity index (χ2v) is 9.54. The molecule has 2 aliphatic rings. The fraction of sp³-hybridized carbons (Fsp3) is 0.650. The van der Waals surface area contributed by atoms with E-state index in [4.69, 9.17) is 4.74 Å². The number of sulfonamides is 1. The predicted octanol–water partition coefficient (Wildman–Crippen LogP) is 2.69. The van der Waals surface area contributed by atoms with Crippen LogP contribution in [-0.2, 0) is 14.8 Å². The maximum Gasteiger partial charge on any atom is 0.241 e. The largest absolute Gasteiger partial charge is 0.497 e. The van der Waals surface area contributed by atoms with Gasteiger partial charge in [-0.3, -0.25) is 4.79 Å². The number of carbonyl (C=O) groups excluding carboxylic acids is 1. The lowest BCUT2D eigenvalue weighted by atomic mass is 9.85. The Morgan fingerprint density at radius 1 is 1.19 bits per heavy atom. The van der Waals surface area contributed by atoms with Crippen molar-refractivity contribution in [3.63, 3.8) is 0 Å². The zero-order valence-corrected chi connectivity index (χ0v) is 16.9. The van der Waals surface area contributed by atoms with Gasteiger partial charge in [0.25, 0.3) is 0 Å². The zero-order chi connectivity index (χ0) is 19.4. The van der Waals surface area contributed by atoms with Crippen LogP contribution in [0.4, 0.5) is 0 Å². The van der Waals surface area contributed by atoms with Gasteiger partial charge in [0, 0.05) is 6.54 Å². The molecule has 2 fully saturated rings. The topological polar surface area (TPSA) is 84.5 Å². The average Bonchev–Trinajstić information content (AvgIpc) is 3.46. The Balaban J connectivity index is 1.45. The van der Waals surface area contributed by atoms with Gasteiger partial charge in [-0.05, 0) is 55.4 Å². The SMILES string of the molecule is COc1ccc(S(=O)(=O)N[C@@H](C)C(=O)NC[C@H]2C[C@H]2C2CCCCC2)cc1. The summed E-state index contributed by atoms with van der Waals surface area (Å²) in [5.41, 5.74) is 0. The van der Waals surface area contributed by atoms with Crippen molar-refractivity contribution < 1.29 is 17.9 Å². The van der Waals surface area contributed by atoms with Crippen molar-refractivity contribution in [2.24, 2.45) is 17.8 Å². The van der Waals surface area contributed by atoms with E-state index >= 15 is 0 Å². The normalized spacial score (nSPS) is 24.2. The minimum Gasteiger partial charge on any atom is -0.497 e. The van der Waals surface area contributed by atoms with E-state index in [2.05, 4.69) is 10.0 Å². The number of ether oxygens (including phenoxy) is 1. The van der Waals surface area contributed by atoms with Crippen LogP contribution in [0.1, 0.15) is 45.4 Å². The average molecular weight is 395 g/mol. The number of carbonyl (C=O) groups is 1. The molecule has 2 saturated carbocycles. The third kappa shape index (κ3) is 5.23. The molecule has 0 spiro atoms. The van der Waals surface area contributed by atoms with Gasteiger partial charge in [-0.1, -0.05) is 32.1 Å². The van der Waals surface area contributed by atoms with E-state index in [9.17, 15) is 13.2 Å². The lowest BCUT2D eigenvalue weighted by molar-refractivity contribution is -0.122. The molecule has 0 heterocycles. The fourth-order valence-electron chi connectivity index (χ4n) is 4.14. The van der Waals surface area contributed by atoms with Gasteiger partial charge in [0.15, 0.2) is 0 Å². The van der Waals surface area contributed by atoms with Crippen molar-refractivity contribution in [2.75, 3.05) is 13.7 Å². The molecular formula is C20H30N2O4S. The highest BCUT2D eigenvalue weighted by atomic mass is 32.2. The van der Waals surface area contributed by atoms with E-state index in [0.717, 1.165) is 11.8 Å². The molecule has 1 amide bonds. The fourth-order valence-corrected chi connectivity index (χ4v) is 5.34. The van der Waals surface area contributed by atoms with E-state index in [1.165, 1.54) is 57.8 Å². The van der Waals surface area contributed by atoms with Gasteiger partial charge in [-0.2, -0.15) is 4.72 Å². The molecule has 2 N–H and O–H groups in total. The zero-order valence-electron chi connectivity index (χ0n) is 16.1. The Labute approximate surface area is 162 Å². The molecule has 1 aromatic carbocycles. The van der Waals surface area contributed by atoms with Gasteiger partial charge in [0.2, 0.25) is 15.9 Å². The van der Waals surface area contributed by atoms with E-state index < -0.39 is 16.1 Å². The van der Waals surface area contributed by atoms with Crippen LogP contribution in [-0.4, -0.2) is 34.0 Å². The molecule has 2 aliphatic carbocycles. The highest BCUT2D eigenvalue weighted by molar-refractivity contribution is 7.89. The summed E-state index contributed by atoms with van der Waals surface area (Å²) in [6.07, 6.45) is 7.88. The van der Waals surface area contributed by atoms with Crippen molar-refractivity contribution in [1.82, 2.24) is 10.0 Å². The van der Waals surface area contributed by atoms with Crippen LogP contribution in [0.3, 0.4) is 0 Å².